The molecule has 1 fully saturated rings. The van der Waals surface area contributed by atoms with Crippen LogP contribution in [0.25, 0.3) is 0 Å². The summed E-state index contributed by atoms with van der Waals surface area (Å²) in [7, 11) is 0. The van der Waals surface area contributed by atoms with Crippen molar-refractivity contribution in [2.75, 3.05) is 13.1 Å². The molecule has 1 amide bonds. The third-order valence-corrected chi connectivity index (χ3v) is 4.36. The molecule has 1 saturated heterocycles. The topological polar surface area (TPSA) is 64.2 Å². The van der Waals surface area contributed by atoms with Gasteiger partial charge in [-0.25, -0.2) is 0 Å². The van der Waals surface area contributed by atoms with Gasteiger partial charge in [0.15, 0.2) is 0 Å². The van der Waals surface area contributed by atoms with Crippen LogP contribution in [0.3, 0.4) is 0 Å². The molecular formula is C15H27ClN4O. The summed E-state index contributed by atoms with van der Waals surface area (Å²) in [6.07, 6.45) is 6.94. The zero-order chi connectivity index (χ0) is 14.7. The highest BCUT2D eigenvalue weighted by Gasteiger charge is 2.30. The Balaban J connectivity index is 0.00000220. The molecule has 6 heteroatoms. The standard InChI is InChI=1S/C15H26N4O.ClH/c1-4-12(3)14(16)15(20)18-7-5-6-13(10-18)19-9-11(2)8-17-19;/h8-9,12-14H,4-7,10,16H2,1-3H3;1H. The maximum Gasteiger partial charge on any atom is 0.239 e. The molecule has 3 atom stereocenters. The number of aryl methyl sites for hydroxylation is 1. The third kappa shape index (κ3) is 4.20. The van der Waals surface area contributed by atoms with Gasteiger partial charge in [0, 0.05) is 19.3 Å². The molecule has 3 unspecified atom stereocenters. The normalized spacial score (nSPS) is 21.5. The van der Waals surface area contributed by atoms with Gasteiger partial charge in [-0.2, -0.15) is 5.10 Å². The van der Waals surface area contributed by atoms with E-state index in [2.05, 4.69) is 12.0 Å². The highest BCUT2D eigenvalue weighted by Crippen LogP contribution is 2.22. The van der Waals surface area contributed by atoms with Crippen LogP contribution < -0.4 is 5.73 Å². The van der Waals surface area contributed by atoms with E-state index in [0.717, 1.165) is 37.9 Å². The Morgan fingerprint density at radius 1 is 1.57 bits per heavy atom. The molecule has 0 bridgehead atoms. The summed E-state index contributed by atoms with van der Waals surface area (Å²) >= 11 is 0. The van der Waals surface area contributed by atoms with E-state index in [9.17, 15) is 4.79 Å². The number of nitrogens with zero attached hydrogens (tertiary/aromatic N) is 3. The molecule has 2 heterocycles. The molecule has 0 spiro atoms. The molecule has 0 radical (unpaired) electrons. The first-order valence-electron chi connectivity index (χ1n) is 7.58. The number of carbonyl (C=O) groups is 1. The van der Waals surface area contributed by atoms with Gasteiger partial charge in [-0.1, -0.05) is 20.3 Å². The summed E-state index contributed by atoms with van der Waals surface area (Å²) in [5.74, 6) is 0.322. The molecule has 0 aliphatic carbocycles. The molecule has 2 rings (SSSR count). The fourth-order valence-electron chi connectivity index (χ4n) is 2.71. The molecular weight excluding hydrogens is 288 g/mol. The minimum Gasteiger partial charge on any atom is -0.339 e. The lowest BCUT2D eigenvalue weighted by Gasteiger charge is -2.35. The first-order chi connectivity index (χ1) is 9.52. The third-order valence-electron chi connectivity index (χ3n) is 4.36. The number of aromatic nitrogens is 2. The van der Waals surface area contributed by atoms with Crippen molar-refractivity contribution in [1.29, 1.82) is 0 Å². The minimum absolute atomic E-state index is 0. The number of nitrogens with two attached hydrogens (primary N) is 1. The number of rotatable bonds is 4. The smallest absolute Gasteiger partial charge is 0.239 e. The molecule has 21 heavy (non-hydrogen) atoms. The molecule has 0 aromatic carbocycles. The van der Waals surface area contributed by atoms with Crippen LogP contribution in [0.1, 0.15) is 44.7 Å². The van der Waals surface area contributed by atoms with Crippen LogP contribution in [0, 0.1) is 12.8 Å². The Morgan fingerprint density at radius 3 is 2.86 bits per heavy atom. The van der Waals surface area contributed by atoms with Gasteiger partial charge in [0.1, 0.15) is 0 Å². The van der Waals surface area contributed by atoms with Crippen molar-refractivity contribution in [3.05, 3.63) is 18.0 Å². The second-order valence-corrected chi connectivity index (χ2v) is 5.99. The lowest BCUT2D eigenvalue weighted by atomic mass is 9.97. The van der Waals surface area contributed by atoms with Crippen molar-refractivity contribution in [3.63, 3.8) is 0 Å². The van der Waals surface area contributed by atoms with Crippen LogP contribution >= 0.6 is 12.4 Å². The number of hydrogen-bond donors (Lipinski definition) is 1. The van der Waals surface area contributed by atoms with E-state index in [0.29, 0.717) is 0 Å². The van der Waals surface area contributed by atoms with E-state index in [1.54, 1.807) is 0 Å². The van der Waals surface area contributed by atoms with Crippen molar-refractivity contribution in [2.45, 2.75) is 52.1 Å². The average Bonchev–Trinajstić information content (AvgIpc) is 2.91. The van der Waals surface area contributed by atoms with Gasteiger partial charge < -0.3 is 10.6 Å². The zero-order valence-corrected chi connectivity index (χ0v) is 14.0. The number of piperidine rings is 1. The van der Waals surface area contributed by atoms with Crippen LogP contribution in [-0.4, -0.2) is 39.7 Å². The van der Waals surface area contributed by atoms with E-state index in [-0.39, 0.29) is 36.3 Å². The highest BCUT2D eigenvalue weighted by molar-refractivity contribution is 5.85. The maximum atomic E-state index is 12.5. The van der Waals surface area contributed by atoms with E-state index in [4.69, 9.17) is 5.73 Å². The van der Waals surface area contributed by atoms with Crippen LogP contribution in [0.4, 0.5) is 0 Å². The number of amides is 1. The fraction of sp³-hybridized carbons (Fsp3) is 0.733. The summed E-state index contributed by atoms with van der Waals surface area (Å²) < 4.78 is 1.99. The van der Waals surface area contributed by atoms with E-state index >= 15 is 0 Å². The highest BCUT2D eigenvalue weighted by atomic mass is 35.5. The molecule has 0 saturated carbocycles. The van der Waals surface area contributed by atoms with E-state index in [1.807, 2.05) is 35.8 Å². The van der Waals surface area contributed by atoms with Gasteiger partial charge in [-0.15, -0.1) is 12.4 Å². The summed E-state index contributed by atoms with van der Waals surface area (Å²) in [5, 5.41) is 4.38. The SMILES string of the molecule is CCC(C)C(N)C(=O)N1CCCC(n2cc(C)cn2)C1.Cl. The van der Waals surface area contributed by atoms with Crippen LogP contribution in [0.15, 0.2) is 12.4 Å². The number of hydrogen-bond acceptors (Lipinski definition) is 3. The molecule has 1 aromatic rings. The molecule has 1 aliphatic rings. The minimum atomic E-state index is -0.377. The molecule has 1 aliphatic heterocycles. The molecule has 120 valence electrons. The van der Waals surface area contributed by atoms with Crippen molar-refractivity contribution in [3.8, 4) is 0 Å². The number of halogens is 1. The van der Waals surface area contributed by atoms with Crippen LogP contribution in [0.5, 0.6) is 0 Å². The van der Waals surface area contributed by atoms with Crippen LogP contribution in [-0.2, 0) is 4.79 Å². The van der Waals surface area contributed by atoms with Crippen molar-refractivity contribution >= 4 is 18.3 Å². The Hall–Kier alpha value is -1.07. The van der Waals surface area contributed by atoms with Crippen molar-refractivity contribution in [1.82, 2.24) is 14.7 Å². The Morgan fingerprint density at radius 2 is 2.29 bits per heavy atom. The predicted octanol–water partition coefficient (Wildman–Crippen LogP) is 2.15. The zero-order valence-electron chi connectivity index (χ0n) is 13.2. The lowest BCUT2D eigenvalue weighted by Crippen LogP contribution is -2.50. The second-order valence-electron chi connectivity index (χ2n) is 5.99. The summed E-state index contributed by atoms with van der Waals surface area (Å²) in [5.41, 5.74) is 7.23. The quantitative estimate of drug-likeness (QED) is 0.926. The van der Waals surface area contributed by atoms with E-state index in [1.165, 1.54) is 0 Å². The van der Waals surface area contributed by atoms with Crippen molar-refractivity contribution in [2.24, 2.45) is 11.7 Å². The summed E-state index contributed by atoms with van der Waals surface area (Å²) in [4.78, 5) is 14.4. The molecule has 1 aromatic heterocycles. The summed E-state index contributed by atoms with van der Waals surface area (Å²) in [6, 6.07) is -0.0939. The number of likely N-dealkylation sites (tertiary alicyclic amines) is 1. The first-order valence-corrected chi connectivity index (χ1v) is 7.58. The largest absolute Gasteiger partial charge is 0.339 e. The summed E-state index contributed by atoms with van der Waals surface area (Å²) in [6.45, 7) is 7.70. The van der Waals surface area contributed by atoms with Gasteiger partial charge in [-0.05, 0) is 31.2 Å². The van der Waals surface area contributed by atoms with Gasteiger partial charge in [-0.3, -0.25) is 9.48 Å². The van der Waals surface area contributed by atoms with E-state index < -0.39 is 0 Å². The van der Waals surface area contributed by atoms with Crippen molar-refractivity contribution < 1.29 is 4.79 Å². The molecule has 5 nitrogen and oxygen atoms in total. The van der Waals surface area contributed by atoms with Crippen LogP contribution in [0.2, 0.25) is 0 Å². The lowest BCUT2D eigenvalue weighted by molar-refractivity contribution is -0.135. The Bertz CT molecular complexity index is 462. The Kier molecular flexibility index (Phi) is 6.68. The fourth-order valence-corrected chi connectivity index (χ4v) is 2.71. The first kappa shape index (κ1) is 18.0. The average molecular weight is 315 g/mol. The predicted molar refractivity (Wildman–Crippen MR) is 86.5 cm³/mol. The van der Waals surface area contributed by atoms with Gasteiger partial charge >= 0.3 is 0 Å². The van der Waals surface area contributed by atoms with Gasteiger partial charge in [0.2, 0.25) is 5.91 Å². The van der Waals surface area contributed by atoms with Gasteiger partial charge in [0.25, 0.3) is 0 Å². The monoisotopic (exact) mass is 314 g/mol. The Labute approximate surface area is 133 Å². The number of carbonyl (C=O) groups excluding carboxylic acids is 1. The van der Waals surface area contributed by atoms with Gasteiger partial charge in [0.05, 0.1) is 18.3 Å². The maximum absolute atomic E-state index is 12.5. The second kappa shape index (κ2) is 7.80. The molecule has 2 N–H and O–H groups in total.